The van der Waals surface area contributed by atoms with E-state index in [1.807, 2.05) is 31.2 Å². The summed E-state index contributed by atoms with van der Waals surface area (Å²) in [5.74, 6) is 0.734. The number of amides is 1. The quantitative estimate of drug-likeness (QED) is 0.811. The Morgan fingerprint density at radius 1 is 1.59 bits per heavy atom. The highest BCUT2D eigenvalue weighted by Crippen LogP contribution is 2.27. The fourth-order valence-corrected chi connectivity index (χ4v) is 1.82. The molecule has 1 amide bonds. The maximum absolute atomic E-state index is 11.8. The normalized spacial score (nSPS) is 19.3. The molecule has 0 fully saturated rings. The zero-order chi connectivity index (χ0) is 12.3. The molecule has 0 saturated heterocycles. The van der Waals surface area contributed by atoms with Gasteiger partial charge in [0.1, 0.15) is 5.75 Å². The third kappa shape index (κ3) is 2.77. The van der Waals surface area contributed by atoms with Crippen molar-refractivity contribution in [2.24, 2.45) is 5.73 Å². The molecule has 1 aromatic carbocycles. The molecule has 2 unspecified atom stereocenters. The summed E-state index contributed by atoms with van der Waals surface area (Å²) in [5.41, 5.74) is 6.84. The molecule has 0 bridgehead atoms. The number of rotatable bonds is 4. The van der Waals surface area contributed by atoms with Gasteiger partial charge in [-0.3, -0.25) is 4.79 Å². The molecule has 0 spiro atoms. The lowest BCUT2D eigenvalue weighted by Crippen LogP contribution is -2.43. The first-order chi connectivity index (χ1) is 8.20. The predicted octanol–water partition coefficient (Wildman–Crippen LogP) is 0.844. The molecule has 0 aliphatic carbocycles. The van der Waals surface area contributed by atoms with Crippen LogP contribution in [-0.4, -0.2) is 24.6 Å². The van der Waals surface area contributed by atoms with E-state index in [1.165, 1.54) is 0 Å². The molecule has 92 valence electrons. The van der Waals surface area contributed by atoms with Crippen LogP contribution in [-0.2, 0) is 11.2 Å². The molecule has 0 aromatic heterocycles. The first-order valence-corrected chi connectivity index (χ1v) is 5.98. The third-order valence-electron chi connectivity index (χ3n) is 3.00. The van der Waals surface area contributed by atoms with Crippen LogP contribution in [0.1, 0.15) is 18.9 Å². The number of fused-ring (bicyclic) bond motifs is 1. The van der Waals surface area contributed by atoms with Gasteiger partial charge in [-0.05, 0) is 18.1 Å². The zero-order valence-corrected chi connectivity index (χ0v) is 9.98. The lowest BCUT2D eigenvalue weighted by Gasteiger charge is -2.14. The molecule has 0 radical (unpaired) electrons. The minimum absolute atomic E-state index is 0.0164. The lowest BCUT2D eigenvalue weighted by molar-refractivity contribution is -0.127. The molecule has 0 saturated carbocycles. The van der Waals surface area contributed by atoms with Crippen molar-refractivity contribution < 1.29 is 9.53 Å². The molecular weight excluding hydrogens is 216 g/mol. The molecule has 2 atom stereocenters. The van der Waals surface area contributed by atoms with Gasteiger partial charge >= 0.3 is 0 Å². The van der Waals surface area contributed by atoms with Gasteiger partial charge in [0.25, 0.3) is 5.91 Å². The van der Waals surface area contributed by atoms with Crippen LogP contribution >= 0.6 is 0 Å². The Morgan fingerprint density at radius 3 is 3.06 bits per heavy atom. The van der Waals surface area contributed by atoms with E-state index in [2.05, 4.69) is 5.32 Å². The molecular formula is C13H18N2O2. The lowest BCUT2D eigenvalue weighted by atomic mass is 10.1. The maximum atomic E-state index is 11.8. The van der Waals surface area contributed by atoms with Crippen LogP contribution in [0.15, 0.2) is 24.3 Å². The Bertz CT molecular complexity index is 381. The van der Waals surface area contributed by atoms with E-state index in [1.54, 1.807) is 0 Å². The van der Waals surface area contributed by atoms with Gasteiger partial charge in [-0.15, -0.1) is 0 Å². The number of carbonyl (C=O) groups excluding carboxylic acids is 1. The Balaban J connectivity index is 1.88. The third-order valence-corrected chi connectivity index (χ3v) is 3.00. The number of para-hydroxylation sites is 1. The summed E-state index contributed by atoms with van der Waals surface area (Å²) < 4.78 is 5.58. The van der Waals surface area contributed by atoms with Gasteiger partial charge in [-0.1, -0.05) is 25.1 Å². The van der Waals surface area contributed by atoms with E-state index in [0.29, 0.717) is 13.0 Å². The number of hydrogen-bond donors (Lipinski definition) is 2. The standard InChI is InChI=1S/C13H18N2O2/c1-2-10(14)8-15-13(16)12-7-9-5-3-4-6-11(9)17-12/h3-6,10,12H,2,7-8,14H2,1H3,(H,15,16). The maximum Gasteiger partial charge on any atom is 0.261 e. The van der Waals surface area contributed by atoms with Crippen LogP contribution in [0.4, 0.5) is 0 Å². The van der Waals surface area contributed by atoms with E-state index in [9.17, 15) is 4.79 Å². The Hall–Kier alpha value is -1.55. The molecule has 4 heteroatoms. The van der Waals surface area contributed by atoms with Gasteiger partial charge in [0.15, 0.2) is 6.10 Å². The Morgan fingerprint density at radius 2 is 2.35 bits per heavy atom. The molecule has 4 nitrogen and oxygen atoms in total. The van der Waals surface area contributed by atoms with E-state index in [0.717, 1.165) is 17.7 Å². The predicted molar refractivity (Wildman–Crippen MR) is 65.8 cm³/mol. The summed E-state index contributed by atoms with van der Waals surface area (Å²) in [6.07, 6.45) is 1.09. The second kappa shape index (κ2) is 5.19. The van der Waals surface area contributed by atoms with Gasteiger partial charge in [-0.2, -0.15) is 0 Å². The van der Waals surface area contributed by atoms with E-state index < -0.39 is 6.10 Å². The fourth-order valence-electron chi connectivity index (χ4n) is 1.82. The molecule has 1 heterocycles. The van der Waals surface area contributed by atoms with Gasteiger partial charge in [0, 0.05) is 19.0 Å². The molecule has 17 heavy (non-hydrogen) atoms. The zero-order valence-electron chi connectivity index (χ0n) is 9.98. The van der Waals surface area contributed by atoms with E-state index >= 15 is 0 Å². The van der Waals surface area contributed by atoms with Crippen molar-refractivity contribution in [3.63, 3.8) is 0 Å². The van der Waals surface area contributed by atoms with E-state index in [-0.39, 0.29) is 11.9 Å². The molecule has 1 aromatic rings. The average Bonchev–Trinajstić information content (AvgIpc) is 2.79. The second-order valence-corrected chi connectivity index (χ2v) is 4.33. The molecule has 3 N–H and O–H groups in total. The number of hydrogen-bond acceptors (Lipinski definition) is 3. The van der Waals surface area contributed by atoms with E-state index in [4.69, 9.17) is 10.5 Å². The summed E-state index contributed by atoms with van der Waals surface area (Å²) in [7, 11) is 0. The highest BCUT2D eigenvalue weighted by molar-refractivity contribution is 5.82. The minimum atomic E-state index is -0.406. The highest BCUT2D eigenvalue weighted by Gasteiger charge is 2.28. The van der Waals surface area contributed by atoms with Crippen molar-refractivity contribution in [3.8, 4) is 5.75 Å². The number of carbonyl (C=O) groups is 1. The van der Waals surface area contributed by atoms with Gasteiger partial charge < -0.3 is 15.8 Å². The van der Waals surface area contributed by atoms with Crippen LogP contribution in [0.3, 0.4) is 0 Å². The van der Waals surface area contributed by atoms with Crippen molar-refractivity contribution in [2.75, 3.05) is 6.54 Å². The number of ether oxygens (including phenoxy) is 1. The smallest absolute Gasteiger partial charge is 0.261 e. The van der Waals surface area contributed by atoms with Crippen molar-refractivity contribution in [1.29, 1.82) is 0 Å². The summed E-state index contributed by atoms with van der Waals surface area (Å²) in [5, 5.41) is 2.82. The van der Waals surface area contributed by atoms with Crippen molar-refractivity contribution in [2.45, 2.75) is 31.9 Å². The fraction of sp³-hybridized carbons (Fsp3) is 0.462. The summed E-state index contributed by atoms with van der Waals surface area (Å²) in [4.78, 5) is 11.8. The minimum Gasteiger partial charge on any atom is -0.480 e. The molecule has 1 aliphatic heterocycles. The van der Waals surface area contributed by atoms with Crippen LogP contribution in [0.5, 0.6) is 5.75 Å². The van der Waals surface area contributed by atoms with Crippen molar-refractivity contribution in [3.05, 3.63) is 29.8 Å². The topological polar surface area (TPSA) is 64.3 Å². The SMILES string of the molecule is CCC(N)CNC(=O)C1Cc2ccccc2O1. The Labute approximate surface area is 101 Å². The Kier molecular flexibility index (Phi) is 3.64. The van der Waals surface area contributed by atoms with Gasteiger partial charge in [-0.25, -0.2) is 0 Å². The number of nitrogens with two attached hydrogens (primary N) is 1. The first kappa shape index (κ1) is 11.9. The molecule has 2 rings (SSSR count). The summed E-state index contributed by atoms with van der Waals surface area (Å²) >= 11 is 0. The summed E-state index contributed by atoms with van der Waals surface area (Å²) in [6.45, 7) is 2.50. The van der Waals surface area contributed by atoms with Crippen molar-refractivity contribution in [1.82, 2.24) is 5.32 Å². The van der Waals surface area contributed by atoms with Crippen molar-refractivity contribution >= 4 is 5.91 Å². The second-order valence-electron chi connectivity index (χ2n) is 4.33. The van der Waals surface area contributed by atoms with Crippen LogP contribution in [0.2, 0.25) is 0 Å². The highest BCUT2D eigenvalue weighted by atomic mass is 16.5. The van der Waals surface area contributed by atoms with Gasteiger partial charge in [0.05, 0.1) is 0 Å². The summed E-state index contributed by atoms with van der Waals surface area (Å²) in [6, 6.07) is 7.75. The largest absolute Gasteiger partial charge is 0.480 e. The van der Waals surface area contributed by atoms with Crippen LogP contribution < -0.4 is 15.8 Å². The van der Waals surface area contributed by atoms with Crippen LogP contribution in [0, 0.1) is 0 Å². The monoisotopic (exact) mass is 234 g/mol. The number of benzene rings is 1. The average molecular weight is 234 g/mol. The van der Waals surface area contributed by atoms with Crippen LogP contribution in [0.25, 0.3) is 0 Å². The number of nitrogens with one attached hydrogen (secondary N) is 1. The van der Waals surface area contributed by atoms with Gasteiger partial charge in [0.2, 0.25) is 0 Å². The molecule has 1 aliphatic rings. The first-order valence-electron chi connectivity index (χ1n) is 5.98.